The maximum atomic E-state index is 13.9. The van der Waals surface area contributed by atoms with E-state index in [4.69, 9.17) is 11.6 Å². The number of anilines is 1. The first kappa shape index (κ1) is 29.2. The number of amides is 2. The molecular weight excluding hydrogens is 522 g/mol. The van der Waals surface area contributed by atoms with Crippen LogP contribution in [0.4, 0.5) is 5.69 Å². The standard InChI is InChI=1S/C29H34ClN3O4S/c1-5-27(29(35)31-6-2)32(19-23-11-7-21(3)8-12-23)28(34)20-33(25-15-9-22(4)10-16-25)38(36,37)26-17-13-24(30)14-18-26/h7-18,27H,5-6,19-20H2,1-4H3,(H,31,35). The first-order chi connectivity index (χ1) is 18.1. The summed E-state index contributed by atoms with van der Waals surface area (Å²) in [6.07, 6.45) is 0.373. The van der Waals surface area contributed by atoms with Gasteiger partial charge in [0.15, 0.2) is 0 Å². The smallest absolute Gasteiger partial charge is 0.264 e. The number of hydrogen-bond donors (Lipinski definition) is 1. The lowest BCUT2D eigenvalue weighted by Gasteiger charge is -2.33. The molecule has 9 heteroatoms. The van der Waals surface area contributed by atoms with Gasteiger partial charge in [0.05, 0.1) is 10.6 Å². The summed E-state index contributed by atoms with van der Waals surface area (Å²) in [5.74, 6) is -0.764. The van der Waals surface area contributed by atoms with Crippen LogP contribution in [0, 0.1) is 13.8 Å². The van der Waals surface area contributed by atoms with Crippen molar-refractivity contribution in [1.29, 1.82) is 0 Å². The van der Waals surface area contributed by atoms with E-state index in [9.17, 15) is 18.0 Å². The van der Waals surface area contributed by atoms with E-state index in [1.165, 1.54) is 29.2 Å². The Labute approximate surface area is 230 Å². The van der Waals surface area contributed by atoms with Gasteiger partial charge in [0, 0.05) is 18.1 Å². The maximum absolute atomic E-state index is 13.9. The Kier molecular flexibility index (Phi) is 9.94. The zero-order valence-electron chi connectivity index (χ0n) is 22.1. The Bertz CT molecular complexity index is 1340. The molecule has 0 aliphatic heterocycles. The fourth-order valence-electron chi connectivity index (χ4n) is 4.08. The van der Waals surface area contributed by atoms with Crippen molar-refractivity contribution < 1.29 is 18.0 Å². The lowest BCUT2D eigenvalue weighted by Crippen LogP contribution is -2.52. The highest BCUT2D eigenvalue weighted by atomic mass is 35.5. The highest BCUT2D eigenvalue weighted by Gasteiger charge is 2.33. The quantitative estimate of drug-likeness (QED) is 0.357. The summed E-state index contributed by atoms with van der Waals surface area (Å²) in [6.45, 7) is 7.62. The van der Waals surface area contributed by atoms with Gasteiger partial charge in [-0.05, 0) is 69.2 Å². The predicted octanol–water partition coefficient (Wildman–Crippen LogP) is 5.10. The van der Waals surface area contributed by atoms with Gasteiger partial charge in [-0.3, -0.25) is 13.9 Å². The van der Waals surface area contributed by atoms with Gasteiger partial charge in [-0.15, -0.1) is 0 Å². The SMILES string of the molecule is CCNC(=O)C(CC)N(Cc1ccc(C)cc1)C(=O)CN(c1ccc(C)cc1)S(=O)(=O)c1ccc(Cl)cc1. The molecule has 1 atom stereocenters. The Morgan fingerprint density at radius 3 is 1.95 bits per heavy atom. The van der Waals surface area contributed by atoms with Gasteiger partial charge in [-0.1, -0.05) is 66.0 Å². The molecule has 7 nitrogen and oxygen atoms in total. The number of halogens is 1. The van der Waals surface area contributed by atoms with Crippen LogP contribution in [0.1, 0.15) is 37.0 Å². The fraction of sp³-hybridized carbons (Fsp3) is 0.310. The number of carbonyl (C=O) groups excluding carboxylic acids is 2. The van der Waals surface area contributed by atoms with Crippen LogP contribution < -0.4 is 9.62 Å². The van der Waals surface area contributed by atoms with Crippen LogP contribution in [0.3, 0.4) is 0 Å². The number of nitrogens with zero attached hydrogens (tertiary/aromatic N) is 2. The molecule has 0 aliphatic carbocycles. The molecule has 3 rings (SSSR count). The number of aryl methyl sites for hydroxylation is 2. The van der Waals surface area contributed by atoms with E-state index in [-0.39, 0.29) is 17.3 Å². The fourth-order valence-corrected chi connectivity index (χ4v) is 5.62. The summed E-state index contributed by atoms with van der Waals surface area (Å²) >= 11 is 5.99. The second-order valence-corrected chi connectivity index (χ2v) is 11.4. The van der Waals surface area contributed by atoms with Crippen molar-refractivity contribution in [2.45, 2.75) is 51.6 Å². The molecule has 0 radical (unpaired) electrons. The molecule has 3 aromatic carbocycles. The molecule has 0 fully saturated rings. The molecule has 0 saturated heterocycles. The summed E-state index contributed by atoms with van der Waals surface area (Å²) in [5.41, 5.74) is 3.21. The Morgan fingerprint density at radius 2 is 1.42 bits per heavy atom. The molecule has 0 bridgehead atoms. The van der Waals surface area contributed by atoms with Gasteiger partial charge >= 0.3 is 0 Å². The van der Waals surface area contributed by atoms with Crippen LogP contribution in [0.25, 0.3) is 0 Å². The van der Waals surface area contributed by atoms with Crippen LogP contribution in [0.5, 0.6) is 0 Å². The minimum absolute atomic E-state index is 0.0103. The highest BCUT2D eigenvalue weighted by molar-refractivity contribution is 7.92. The highest BCUT2D eigenvalue weighted by Crippen LogP contribution is 2.26. The zero-order chi connectivity index (χ0) is 27.9. The van der Waals surface area contributed by atoms with Crippen LogP contribution in [0.15, 0.2) is 77.7 Å². The van der Waals surface area contributed by atoms with Crippen LogP contribution in [0.2, 0.25) is 5.02 Å². The molecule has 0 spiro atoms. The lowest BCUT2D eigenvalue weighted by molar-refractivity contribution is -0.140. The minimum atomic E-state index is -4.13. The summed E-state index contributed by atoms with van der Waals surface area (Å²) in [6, 6.07) is 19.7. The number of hydrogen-bond acceptors (Lipinski definition) is 4. The molecule has 0 aromatic heterocycles. The minimum Gasteiger partial charge on any atom is -0.355 e. The monoisotopic (exact) mass is 555 g/mol. The van der Waals surface area contributed by atoms with E-state index in [1.807, 2.05) is 52.0 Å². The van der Waals surface area contributed by atoms with Crippen molar-refractivity contribution in [2.24, 2.45) is 0 Å². The summed E-state index contributed by atoms with van der Waals surface area (Å²) in [7, 11) is -4.13. The molecule has 0 saturated carbocycles. The van der Waals surface area contributed by atoms with Crippen LogP contribution >= 0.6 is 11.6 Å². The van der Waals surface area contributed by atoms with Gasteiger partial charge < -0.3 is 10.2 Å². The van der Waals surface area contributed by atoms with Crippen LogP contribution in [-0.4, -0.2) is 44.3 Å². The van der Waals surface area contributed by atoms with Crippen molar-refractivity contribution in [3.05, 3.63) is 94.5 Å². The third-order valence-electron chi connectivity index (χ3n) is 6.21. The van der Waals surface area contributed by atoms with E-state index in [1.54, 1.807) is 24.3 Å². The van der Waals surface area contributed by atoms with Crippen molar-refractivity contribution >= 4 is 39.1 Å². The third-order valence-corrected chi connectivity index (χ3v) is 8.25. The van der Waals surface area contributed by atoms with Crippen molar-refractivity contribution in [1.82, 2.24) is 10.2 Å². The third kappa shape index (κ3) is 7.14. The largest absolute Gasteiger partial charge is 0.355 e. The van der Waals surface area contributed by atoms with E-state index in [0.29, 0.717) is 23.7 Å². The second-order valence-electron chi connectivity index (χ2n) is 9.13. The Balaban J connectivity index is 2.04. The first-order valence-electron chi connectivity index (χ1n) is 12.5. The number of likely N-dealkylation sites (N-methyl/N-ethyl adjacent to an activating group) is 1. The number of carbonyl (C=O) groups is 2. The van der Waals surface area contributed by atoms with E-state index >= 15 is 0 Å². The lowest BCUT2D eigenvalue weighted by atomic mass is 10.1. The van der Waals surface area contributed by atoms with Crippen molar-refractivity contribution in [3.63, 3.8) is 0 Å². The summed E-state index contributed by atoms with van der Waals surface area (Å²) < 4.78 is 28.7. The molecule has 0 aliphatic rings. The van der Waals surface area contributed by atoms with Gasteiger partial charge in [-0.2, -0.15) is 0 Å². The van der Waals surface area contributed by atoms with Crippen LogP contribution in [-0.2, 0) is 26.2 Å². The van der Waals surface area contributed by atoms with Gasteiger partial charge in [0.2, 0.25) is 11.8 Å². The molecule has 2 amide bonds. The number of nitrogens with one attached hydrogen (secondary N) is 1. The van der Waals surface area contributed by atoms with Crippen molar-refractivity contribution in [3.8, 4) is 0 Å². The zero-order valence-corrected chi connectivity index (χ0v) is 23.7. The van der Waals surface area contributed by atoms with Gasteiger partial charge in [-0.25, -0.2) is 8.42 Å². The maximum Gasteiger partial charge on any atom is 0.264 e. The van der Waals surface area contributed by atoms with E-state index in [0.717, 1.165) is 21.0 Å². The van der Waals surface area contributed by atoms with E-state index in [2.05, 4.69) is 5.32 Å². The molecule has 38 heavy (non-hydrogen) atoms. The average Bonchev–Trinajstić information content (AvgIpc) is 2.89. The summed E-state index contributed by atoms with van der Waals surface area (Å²) in [4.78, 5) is 28.4. The second kappa shape index (κ2) is 12.9. The van der Waals surface area contributed by atoms with Crippen molar-refractivity contribution in [2.75, 3.05) is 17.4 Å². The summed E-state index contributed by atoms with van der Waals surface area (Å²) in [5, 5.41) is 3.20. The molecule has 1 N–H and O–H groups in total. The molecule has 202 valence electrons. The number of rotatable bonds is 11. The Morgan fingerprint density at radius 1 is 0.868 bits per heavy atom. The predicted molar refractivity (Wildman–Crippen MR) is 152 cm³/mol. The number of sulfonamides is 1. The first-order valence-corrected chi connectivity index (χ1v) is 14.4. The topological polar surface area (TPSA) is 86.8 Å². The Hall–Kier alpha value is -3.36. The molecule has 1 unspecified atom stereocenters. The number of benzene rings is 3. The molecular formula is C29H34ClN3O4S. The molecule has 0 heterocycles. The normalized spacial score (nSPS) is 12.0. The average molecular weight is 556 g/mol. The molecule has 3 aromatic rings. The van der Waals surface area contributed by atoms with Gasteiger partial charge in [0.1, 0.15) is 12.6 Å². The van der Waals surface area contributed by atoms with E-state index < -0.39 is 28.5 Å². The van der Waals surface area contributed by atoms with Gasteiger partial charge in [0.25, 0.3) is 10.0 Å².